The highest BCUT2D eigenvalue weighted by molar-refractivity contribution is 5.71. The lowest BCUT2D eigenvalue weighted by Gasteiger charge is -2.06. The Balaban J connectivity index is 2.26. The van der Waals surface area contributed by atoms with Crippen LogP contribution in [0.3, 0.4) is 0 Å². The molecule has 0 saturated heterocycles. The molecule has 1 aromatic carbocycles. The molecule has 4 heteroatoms. The van der Waals surface area contributed by atoms with E-state index in [0.29, 0.717) is 0 Å². The Labute approximate surface area is 82.0 Å². The van der Waals surface area contributed by atoms with E-state index in [2.05, 4.69) is 4.89 Å². The van der Waals surface area contributed by atoms with E-state index in [1.54, 1.807) is 0 Å². The van der Waals surface area contributed by atoms with Gasteiger partial charge in [-0.05, 0) is 12.5 Å². The maximum absolute atomic E-state index is 10.3. The van der Waals surface area contributed by atoms with E-state index in [4.69, 9.17) is 9.99 Å². The Morgan fingerprint density at radius 3 is 2.64 bits per heavy atom. The summed E-state index contributed by atoms with van der Waals surface area (Å²) in [4.78, 5) is 19.7. The van der Waals surface area contributed by atoms with Gasteiger partial charge in [0.1, 0.15) is 6.61 Å². The van der Waals surface area contributed by atoms with Crippen molar-refractivity contribution in [1.82, 2.24) is 0 Å². The Kier molecular flexibility index (Phi) is 4.10. The van der Waals surface area contributed by atoms with Gasteiger partial charge in [-0.15, -0.1) is 0 Å². The summed E-state index contributed by atoms with van der Waals surface area (Å²) in [5, 5.41) is 8.47. The number of carboxylic acids is 1. The number of aliphatic carboxylic acids is 1. The van der Waals surface area contributed by atoms with Crippen molar-refractivity contribution in [2.24, 2.45) is 0 Å². The monoisotopic (exact) mass is 196 g/mol. The largest absolute Gasteiger partial charge is 0.479 e. The van der Waals surface area contributed by atoms with Gasteiger partial charge < -0.3 is 5.11 Å². The third-order valence-corrected chi connectivity index (χ3v) is 1.63. The molecule has 0 heterocycles. The molecule has 0 spiro atoms. The highest BCUT2D eigenvalue weighted by Crippen LogP contribution is 2.02. The summed E-state index contributed by atoms with van der Waals surface area (Å²) in [7, 11) is 0. The van der Waals surface area contributed by atoms with E-state index in [0.717, 1.165) is 5.56 Å². The van der Waals surface area contributed by atoms with Crippen LogP contribution < -0.4 is 0 Å². The van der Waals surface area contributed by atoms with Crippen LogP contribution in [0.1, 0.15) is 12.5 Å². The van der Waals surface area contributed by atoms with Gasteiger partial charge in [0.15, 0.2) is 6.10 Å². The number of rotatable bonds is 5. The molecule has 0 radical (unpaired) electrons. The third-order valence-electron chi connectivity index (χ3n) is 1.63. The zero-order valence-corrected chi connectivity index (χ0v) is 7.84. The van der Waals surface area contributed by atoms with Crippen molar-refractivity contribution in [3.8, 4) is 0 Å². The Morgan fingerprint density at radius 2 is 2.07 bits per heavy atom. The molecule has 1 aromatic rings. The first-order chi connectivity index (χ1) is 6.70. The molecule has 1 rings (SSSR count). The molecule has 0 aliphatic heterocycles. The quantitative estimate of drug-likeness (QED) is 0.574. The van der Waals surface area contributed by atoms with Crippen LogP contribution in [0.2, 0.25) is 0 Å². The second-order valence-electron chi connectivity index (χ2n) is 2.82. The van der Waals surface area contributed by atoms with Gasteiger partial charge in [0.25, 0.3) is 0 Å². The number of hydrogen-bond donors (Lipinski definition) is 1. The molecule has 0 saturated carbocycles. The summed E-state index contributed by atoms with van der Waals surface area (Å²) in [6.45, 7) is 1.66. The fourth-order valence-corrected chi connectivity index (χ4v) is 0.820. The molecule has 76 valence electrons. The average Bonchev–Trinajstić information content (AvgIpc) is 2.19. The van der Waals surface area contributed by atoms with E-state index >= 15 is 0 Å². The van der Waals surface area contributed by atoms with Gasteiger partial charge >= 0.3 is 5.97 Å². The van der Waals surface area contributed by atoms with Crippen LogP contribution in [0.25, 0.3) is 0 Å². The minimum absolute atomic E-state index is 0.248. The first-order valence-electron chi connectivity index (χ1n) is 4.25. The summed E-state index contributed by atoms with van der Waals surface area (Å²) in [5.74, 6) is -1.04. The lowest BCUT2D eigenvalue weighted by Crippen LogP contribution is -2.19. The number of hydrogen-bond acceptors (Lipinski definition) is 3. The minimum atomic E-state index is -1.04. The molecule has 0 amide bonds. The van der Waals surface area contributed by atoms with Crippen molar-refractivity contribution in [3.05, 3.63) is 35.9 Å². The SMILES string of the molecule is CC(OOCc1ccccc1)C(=O)O. The van der Waals surface area contributed by atoms with E-state index in [1.807, 2.05) is 30.3 Å². The van der Waals surface area contributed by atoms with Gasteiger partial charge in [0.05, 0.1) is 0 Å². The van der Waals surface area contributed by atoms with Crippen LogP contribution in [0.15, 0.2) is 30.3 Å². The highest BCUT2D eigenvalue weighted by atomic mass is 17.2. The van der Waals surface area contributed by atoms with Crippen molar-refractivity contribution in [1.29, 1.82) is 0 Å². The molecular formula is C10H12O4. The molecule has 0 bridgehead atoms. The Hall–Kier alpha value is -1.39. The molecule has 4 nitrogen and oxygen atoms in total. The van der Waals surface area contributed by atoms with Gasteiger partial charge in [-0.2, -0.15) is 0 Å². The summed E-state index contributed by atoms with van der Waals surface area (Å²) in [6, 6.07) is 9.38. The van der Waals surface area contributed by atoms with Crippen LogP contribution in [0.5, 0.6) is 0 Å². The third kappa shape index (κ3) is 3.55. The molecular weight excluding hydrogens is 184 g/mol. The van der Waals surface area contributed by atoms with Crippen molar-refractivity contribution in [2.75, 3.05) is 0 Å². The summed E-state index contributed by atoms with van der Waals surface area (Å²) in [5.41, 5.74) is 0.935. The van der Waals surface area contributed by atoms with Crippen LogP contribution in [-0.4, -0.2) is 17.2 Å². The first kappa shape index (κ1) is 10.7. The Bertz CT molecular complexity index is 283. The molecule has 14 heavy (non-hydrogen) atoms. The van der Waals surface area contributed by atoms with Crippen molar-refractivity contribution in [3.63, 3.8) is 0 Å². The average molecular weight is 196 g/mol. The maximum Gasteiger partial charge on any atom is 0.335 e. The van der Waals surface area contributed by atoms with Crippen LogP contribution in [0, 0.1) is 0 Å². The second-order valence-corrected chi connectivity index (χ2v) is 2.82. The van der Waals surface area contributed by atoms with E-state index in [1.165, 1.54) is 6.92 Å². The molecule has 1 atom stereocenters. The van der Waals surface area contributed by atoms with E-state index in [9.17, 15) is 4.79 Å². The summed E-state index contributed by atoms with van der Waals surface area (Å²) >= 11 is 0. The predicted octanol–water partition coefficient (Wildman–Crippen LogP) is 1.61. The van der Waals surface area contributed by atoms with Gasteiger partial charge in [0.2, 0.25) is 0 Å². The van der Waals surface area contributed by atoms with E-state index < -0.39 is 12.1 Å². The first-order valence-corrected chi connectivity index (χ1v) is 4.25. The van der Waals surface area contributed by atoms with Crippen LogP contribution in [-0.2, 0) is 21.2 Å². The number of carbonyl (C=O) groups is 1. The topological polar surface area (TPSA) is 55.8 Å². The lowest BCUT2D eigenvalue weighted by atomic mass is 10.2. The smallest absolute Gasteiger partial charge is 0.335 e. The summed E-state index contributed by atoms with van der Waals surface area (Å²) in [6.07, 6.45) is -0.946. The van der Waals surface area contributed by atoms with Crippen molar-refractivity contribution < 1.29 is 19.7 Å². The zero-order valence-electron chi connectivity index (χ0n) is 7.84. The molecule has 0 aliphatic rings. The van der Waals surface area contributed by atoms with Crippen LogP contribution >= 0.6 is 0 Å². The normalized spacial score (nSPS) is 12.4. The number of benzene rings is 1. The molecule has 0 aromatic heterocycles. The maximum atomic E-state index is 10.3. The Morgan fingerprint density at radius 1 is 1.43 bits per heavy atom. The van der Waals surface area contributed by atoms with Gasteiger partial charge in [0, 0.05) is 0 Å². The minimum Gasteiger partial charge on any atom is -0.479 e. The molecule has 0 aliphatic carbocycles. The lowest BCUT2D eigenvalue weighted by molar-refractivity contribution is -0.324. The number of carboxylic acid groups (broad SMARTS) is 1. The van der Waals surface area contributed by atoms with Gasteiger partial charge in [-0.1, -0.05) is 30.3 Å². The second kappa shape index (κ2) is 5.36. The molecule has 1 unspecified atom stereocenters. The van der Waals surface area contributed by atoms with Gasteiger partial charge in [-0.25, -0.2) is 14.6 Å². The van der Waals surface area contributed by atoms with E-state index in [-0.39, 0.29) is 6.61 Å². The molecule has 0 fully saturated rings. The standard InChI is InChI=1S/C10H12O4/c1-8(10(11)12)14-13-7-9-5-3-2-4-6-9/h2-6,8H,7H2,1H3,(H,11,12). The summed E-state index contributed by atoms with van der Waals surface area (Å²) < 4.78 is 0. The van der Waals surface area contributed by atoms with Crippen molar-refractivity contribution in [2.45, 2.75) is 19.6 Å². The fraction of sp³-hybridized carbons (Fsp3) is 0.300. The predicted molar refractivity (Wildman–Crippen MR) is 49.4 cm³/mol. The molecule has 1 N–H and O–H groups in total. The zero-order chi connectivity index (χ0) is 10.4. The fourth-order valence-electron chi connectivity index (χ4n) is 0.820. The highest BCUT2D eigenvalue weighted by Gasteiger charge is 2.11. The van der Waals surface area contributed by atoms with Gasteiger partial charge in [-0.3, -0.25) is 0 Å². The van der Waals surface area contributed by atoms with Crippen LogP contribution in [0.4, 0.5) is 0 Å². The van der Waals surface area contributed by atoms with Crippen molar-refractivity contribution >= 4 is 5.97 Å².